The van der Waals surface area contributed by atoms with E-state index in [1.165, 1.54) is 17.4 Å². The molecule has 2 heterocycles. The highest BCUT2D eigenvalue weighted by atomic mass is 32.2. The second-order valence-corrected chi connectivity index (χ2v) is 8.02. The van der Waals surface area contributed by atoms with Crippen LogP contribution >= 0.6 is 11.8 Å². The van der Waals surface area contributed by atoms with Crippen LogP contribution in [0.25, 0.3) is 0 Å². The lowest BCUT2D eigenvalue weighted by Crippen LogP contribution is -2.54. The molecule has 1 aliphatic rings. The molecule has 0 bridgehead atoms. The molecular weight excluding hydrogens is 412 g/mol. The SMILES string of the molecule is CSCCC(N)C(=O)NCC(=O)NC(Cc1cnc[nH]1)C(=O)N1CCCC1C(=O)O. The van der Waals surface area contributed by atoms with Crippen molar-refractivity contribution in [3.63, 3.8) is 0 Å². The van der Waals surface area contributed by atoms with Crippen molar-refractivity contribution < 1.29 is 24.3 Å². The van der Waals surface area contributed by atoms with Gasteiger partial charge in [0.2, 0.25) is 17.7 Å². The van der Waals surface area contributed by atoms with E-state index in [1.807, 2.05) is 6.26 Å². The summed E-state index contributed by atoms with van der Waals surface area (Å²) in [6.07, 6.45) is 6.44. The summed E-state index contributed by atoms with van der Waals surface area (Å²) in [5, 5.41) is 14.4. The number of imidazole rings is 1. The smallest absolute Gasteiger partial charge is 0.326 e. The topological polar surface area (TPSA) is 171 Å². The summed E-state index contributed by atoms with van der Waals surface area (Å²) < 4.78 is 0. The number of aliphatic carboxylic acids is 1. The normalized spacial score (nSPS) is 17.9. The number of rotatable bonds is 11. The van der Waals surface area contributed by atoms with Gasteiger partial charge < -0.3 is 31.4 Å². The summed E-state index contributed by atoms with van der Waals surface area (Å²) >= 11 is 1.57. The molecule has 1 aromatic rings. The maximum atomic E-state index is 13.0. The molecule has 1 aromatic heterocycles. The lowest BCUT2D eigenvalue weighted by atomic mass is 10.1. The van der Waals surface area contributed by atoms with Crippen LogP contribution in [0.2, 0.25) is 0 Å². The van der Waals surface area contributed by atoms with Crippen molar-refractivity contribution in [2.75, 3.05) is 25.1 Å². The molecule has 12 heteroatoms. The quantitative estimate of drug-likeness (QED) is 0.283. The number of nitrogens with zero attached hydrogens (tertiary/aromatic N) is 2. The molecule has 1 aliphatic heterocycles. The standard InChI is InChI=1S/C18H28N6O5S/c1-30-6-4-12(19)16(26)21-9-15(25)23-13(7-11-8-20-10-22-11)17(27)24-5-2-3-14(24)18(28)29/h8,10,12-14H,2-7,9,19H2,1H3,(H,20,22)(H,21,26)(H,23,25)(H,28,29). The van der Waals surface area contributed by atoms with Crippen molar-refractivity contribution in [2.45, 2.75) is 43.8 Å². The predicted molar refractivity (Wildman–Crippen MR) is 111 cm³/mol. The summed E-state index contributed by atoms with van der Waals surface area (Å²) in [6.45, 7) is -0.0207. The first-order chi connectivity index (χ1) is 14.3. The van der Waals surface area contributed by atoms with Crippen LogP contribution in [0.4, 0.5) is 0 Å². The number of H-pyrrole nitrogens is 1. The summed E-state index contributed by atoms with van der Waals surface area (Å²) in [6, 6.07) is -2.61. The van der Waals surface area contributed by atoms with Crippen molar-refractivity contribution in [1.82, 2.24) is 25.5 Å². The van der Waals surface area contributed by atoms with Gasteiger partial charge in [-0.05, 0) is 31.3 Å². The minimum atomic E-state index is -1.07. The van der Waals surface area contributed by atoms with Crippen molar-refractivity contribution in [3.8, 4) is 0 Å². The lowest BCUT2D eigenvalue weighted by Gasteiger charge is -2.27. The second-order valence-electron chi connectivity index (χ2n) is 7.03. The van der Waals surface area contributed by atoms with Crippen LogP contribution in [0, 0.1) is 0 Å². The summed E-state index contributed by atoms with van der Waals surface area (Å²) in [5.74, 6) is -1.84. The van der Waals surface area contributed by atoms with E-state index in [9.17, 15) is 24.3 Å². The van der Waals surface area contributed by atoms with Crippen LogP contribution in [0.3, 0.4) is 0 Å². The van der Waals surface area contributed by atoms with Gasteiger partial charge in [-0.2, -0.15) is 11.8 Å². The molecule has 11 nitrogen and oxygen atoms in total. The summed E-state index contributed by atoms with van der Waals surface area (Å²) in [7, 11) is 0. The number of carbonyl (C=O) groups excluding carboxylic acids is 3. The van der Waals surface area contributed by atoms with E-state index in [0.29, 0.717) is 31.5 Å². The number of amides is 3. The third-order valence-corrected chi connectivity index (χ3v) is 5.47. The van der Waals surface area contributed by atoms with E-state index < -0.39 is 41.8 Å². The number of hydrogen-bond acceptors (Lipinski definition) is 7. The van der Waals surface area contributed by atoms with E-state index in [-0.39, 0.29) is 13.0 Å². The molecule has 3 atom stereocenters. The summed E-state index contributed by atoms with van der Waals surface area (Å²) in [4.78, 5) is 56.8. The van der Waals surface area contributed by atoms with Gasteiger partial charge in [-0.15, -0.1) is 0 Å². The molecule has 6 N–H and O–H groups in total. The van der Waals surface area contributed by atoms with Gasteiger partial charge in [0.1, 0.15) is 12.1 Å². The molecule has 1 saturated heterocycles. The van der Waals surface area contributed by atoms with Gasteiger partial charge in [0, 0.05) is 24.9 Å². The number of hydrogen-bond donors (Lipinski definition) is 5. The van der Waals surface area contributed by atoms with Gasteiger partial charge >= 0.3 is 5.97 Å². The van der Waals surface area contributed by atoms with Crippen LogP contribution in [-0.4, -0.2) is 86.9 Å². The van der Waals surface area contributed by atoms with Crippen LogP contribution in [0.1, 0.15) is 25.0 Å². The Labute approximate surface area is 178 Å². The third kappa shape index (κ3) is 6.73. The largest absolute Gasteiger partial charge is 0.480 e. The zero-order valence-corrected chi connectivity index (χ0v) is 17.6. The van der Waals surface area contributed by atoms with Crippen molar-refractivity contribution in [3.05, 3.63) is 18.2 Å². The molecule has 0 spiro atoms. The van der Waals surface area contributed by atoms with E-state index in [0.717, 1.165) is 5.75 Å². The first-order valence-corrected chi connectivity index (χ1v) is 11.0. The number of aromatic amines is 1. The number of nitrogens with two attached hydrogens (primary N) is 1. The van der Waals surface area contributed by atoms with E-state index in [2.05, 4.69) is 20.6 Å². The highest BCUT2D eigenvalue weighted by Gasteiger charge is 2.37. The minimum absolute atomic E-state index is 0.120. The molecule has 0 aliphatic carbocycles. The number of carboxylic acid groups (broad SMARTS) is 1. The molecular formula is C18H28N6O5S. The van der Waals surface area contributed by atoms with Gasteiger partial charge in [0.15, 0.2) is 0 Å². The number of likely N-dealkylation sites (tertiary alicyclic amines) is 1. The first kappa shape index (κ1) is 23.7. The number of aromatic nitrogens is 2. The molecule has 0 saturated carbocycles. The highest BCUT2D eigenvalue weighted by molar-refractivity contribution is 7.98. The Morgan fingerprint density at radius 2 is 2.20 bits per heavy atom. The Balaban J connectivity index is 1.99. The number of nitrogens with one attached hydrogen (secondary N) is 3. The zero-order chi connectivity index (χ0) is 22.1. The first-order valence-electron chi connectivity index (χ1n) is 9.65. The van der Waals surface area contributed by atoms with Crippen LogP contribution in [-0.2, 0) is 25.6 Å². The molecule has 1 fully saturated rings. The Bertz CT molecular complexity index is 743. The average Bonchev–Trinajstić information content (AvgIpc) is 3.41. The summed E-state index contributed by atoms with van der Waals surface area (Å²) in [5.41, 5.74) is 6.38. The second kappa shape index (κ2) is 11.6. The maximum Gasteiger partial charge on any atom is 0.326 e. The Kier molecular flexibility index (Phi) is 9.12. The maximum absolute atomic E-state index is 13.0. The van der Waals surface area contributed by atoms with Crippen molar-refractivity contribution >= 4 is 35.5 Å². The van der Waals surface area contributed by atoms with Crippen LogP contribution < -0.4 is 16.4 Å². The predicted octanol–water partition coefficient (Wildman–Crippen LogP) is -1.29. The van der Waals surface area contributed by atoms with Gasteiger partial charge in [0.05, 0.1) is 18.9 Å². The third-order valence-electron chi connectivity index (χ3n) is 4.83. The highest BCUT2D eigenvalue weighted by Crippen LogP contribution is 2.19. The fourth-order valence-corrected chi connectivity index (χ4v) is 3.71. The van der Waals surface area contributed by atoms with E-state index in [4.69, 9.17) is 5.73 Å². The van der Waals surface area contributed by atoms with Crippen molar-refractivity contribution in [2.24, 2.45) is 5.73 Å². The van der Waals surface area contributed by atoms with Crippen LogP contribution in [0.5, 0.6) is 0 Å². The molecule has 3 amide bonds. The lowest BCUT2D eigenvalue weighted by molar-refractivity contribution is -0.149. The molecule has 0 aromatic carbocycles. The van der Waals surface area contributed by atoms with Gasteiger partial charge in [-0.1, -0.05) is 0 Å². The average molecular weight is 441 g/mol. The fourth-order valence-electron chi connectivity index (χ4n) is 3.22. The number of carboxylic acids is 1. The van der Waals surface area contributed by atoms with Gasteiger partial charge in [0.25, 0.3) is 0 Å². The Morgan fingerprint density at radius 3 is 2.83 bits per heavy atom. The van der Waals surface area contributed by atoms with Gasteiger partial charge in [-0.25, -0.2) is 9.78 Å². The van der Waals surface area contributed by atoms with Crippen LogP contribution in [0.15, 0.2) is 12.5 Å². The zero-order valence-electron chi connectivity index (χ0n) is 16.8. The van der Waals surface area contributed by atoms with Gasteiger partial charge in [-0.3, -0.25) is 14.4 Å². The molecule has 2 rings (SSSR count). The number of thioether (sulfide) groups is 1. The molecule has 166 valence electrons. The molecule has 0 radical (unpaired) electrons. The number of carbonyl (C=O) groups is 4. The minimum Gasteiger partial charge on any atom is -0.480 e. The fraction of sp³-hybridized carbons (Fsp3) is 0.611. The Morgan fingerprint density at radius 1 is 1.43 bits per heavy atom. The van der Waals surface area contributed by atoms with Crippen molar-refractivity contribution in [1.29, 1.82) is 0 Å². The monoisotopic (exact) mass is 440 g/mol. The van der Waals surface area contributed by atoms with E-state index >= 15 is 0 Å². The van der Waals surface area contributed by atoms with E-state index in [1.54, 1.807) is 11.8 Å². The molecule has 3 unspecified atom stereocenters. The Hall–Kier alpha value is -2.60. The molecule has 30 heavy (non-hydrogen) atoms.